The predicted octanol–water partition coefficient (Wildman–Crippen LogP) is 0.668. The van der Waals surface area contributed by atoms with Gasteiger partial charge < -0.3 is 9.96 Å². The van der Waals surface area contributed by atoms with Crippen molar-refractivity contribution < 1.29 is 0 Å². The van der Waals surface area contributed by atoms with Crippen molar-refractivity contribution in [3.63, 3.8) is 0 Å². The van der Waals surface area contributed by atoms with Crippen molar-refractivity contribution in [2.24, 2.45) is 0 Å². The Morgan fingerprint density at radius 3 is 1.50 bits per heavy atom. The van der Waals surface area contributed by atoms with E-state index in [0.717, 1.165) is 0 Å². The minimum absolute atomic E-state index is 0.691. The predicted molar refractivity (Wildman–Crippen MR) is 51.0 cm³/mol. The molecule has 1 fully saturated rings. The first kappa shape index (κ1) is 8.45. The fourth-order valence-corrected chi connectivity index (χ4v) is 17.8. The second-order valence-electron chi connectivity index (χ2n) is 4.10. The Morgan fingerprint density at radius 1 is 1.00 bits per heavy atom. The molecule has 0 aliphatic carbocycles. The normalized spacial score (nSPS) is 27.6. The summed E-state index contributed by atoms with van der Waals surface area (Å²) in [7, 11) is 2.45. The molecule has 2 nitrogen and oxygen atoms in total. The van der Waals surface area contributed by atoms with Gasteiger partial charge in [-0.25, -0.2) is 0 Å². The summed E-state index contributed by atoms with van der Waals surface area (Å²) in [4.78, 5) is 6.97. The van der Waals surface area contributed by atoms with Crippen molar-refractivity contribution in [3.8, 4) is 0 Å². The van der Waals surface area contributed by atoms with E-state index in [2.05, 4.69) is 37.2 Å². The minimum atomic E-state index is -1.06. The molecule has 2 N–H and O–H groups in total. The molecule has 60 valence electrons. The molecule has 0 amide bonds. The van der Waals surface area contributed by atoms with Crippen molar-refractivity contribution in [2.45, 2.75) is 24.4 Å². The Balaban J connectivity index is 2.46. The van der Waals surface area contributed by atoms with Gasteiger partial charge >= 0.3 is 0 Å². The van der Waals surface area contributed by atoms with E-state index in [4.69, 9.17) is 0 Å². The van der Waals surface area contributed by atoms with Crippen molar-refractivity contribution in [2.75, 3.05) is 14.1 Å². The van der Waals surface area contributed by atoms with Gasteiger partial charge in [0.2, 0.25) is 0 Å². The average molecular weight is 174 g/mol. The van der Waals surface area contributed by atoms with E-state index >= 15 is 0 Å². The molecule has 0 spiro atoms. The highest BCUT2D eigenvalue weighted by Crippen LogP contribution is 2.35. The standard InChI is InChI=1S/C6H18N2Si2/c1-7-10(8-2)5-9(3,4)6-10/h7-8H,5-6H2,1-4H3. The topological polar surface area (TPSA) is 24.1 Å². The third-order valence-corrected chi connectivity index (χ3v) is 16.9. The maximum Gasteiger partial charge on any atom is 0.195 e. The summed E-state index contributed by atoms with van der Waals surface area (Å²) in [6.07, 6.45) is 0. The molecule has 1 aliphatic rings. The average Bonchev–Trinajstić information content (AvgIpc) is 1.82. The van der Waals surface area contributed by atoms with Crippen LogP contribution >= 0.6 is 0 Å². The maximum absolute atomic E-state index is 3.48. The Kier molecular flexibility index (Phi) is 2.06. The molecule has 0 aromatic carbocycles. The third kappa shape index (κ3) is 1.34. The lowest BCUT2D eigenvalue weighted by molar-refractivity contribution is 0.967. The van der Waals surface area contributed by atoms with Crippen LogP contribution in [0.25, 0.3) is 0 Å². The summed E-state index contributed by atoms with van der Waals surface area (Å²) in [5.74, 6) is 0. The SMILES string of the molecule is CN[Si]1(NC)C[Si](C)(C)C1. The Labute approximate surface area is 65.6 Å². The second kappa shape index (κ2) is 2.44. The fourth-order valence-electron chi connectivity index (χ4n) is 2.06. The summed E-state index contributed by atoms with van der Waals surface area (Å²) in [6, 6.07) is 0. The monoisotopic (exact) mass is 174 g/mol. The molecule has 0 saturated carbocycles. The van der Waals surface area contributed by atoms with Gasteiger partial charge in [0.15, 0.2) is 8.40 Å². The van der Waals surface area contributed by atoms with E-state index in [9.17, 15) is 0 Å². The number of hydrogen-bond donors (Lipinski definition) is 2. The highest BCUT2D eigenvalue weighted by Gasteiger charge is 2.51. The van der Waals surface area contributed by atoms with Gasteiger partial charge in [-0.05, 0) is 25.4 Å². The van der Waals surface area contributed by atoms with Crippen LogP contribution in [0.2, 0.25) is 24.4 Å². The quantitative estimate of drug-likeness (QED) is 0.601. The van der Waals surface area contributed by atoms with Gasteiger partial charge in [-0.3, -0.25) is 0 Å². The fraction of sp³-hybridized carbons (Fsp3) is 1.00. The molecule has 1 rings (SSSR count). The number of rotatable bonds is 2. The highest BCUT2D eigenvalue weighted by molar-refractivity contribution is 7.10. The van der Waals surface area contributed by atoms with E-state index in [0.29, 0.717) is 0 Å². The Bertz CT molecular complexity index is 122. The zero-order chi connectivity index (χ0) is 7.83. The lowest BCUT2D eigenvalue weighted by Gasteiger charge is -2.49. The summed E-state index contributed by atoms with van der Waals surface area (Å²) in [6.45, 7) is 4.96. The van der Waals surface area contributed by atoms with Crippen LogP contribution in [0.5, 0.6) is 0 Å². The first-order valence-corrected chi connectivity index (χ1v) is 9.74. The molecule has 0 bridgehead atoms. The Morgan fingerprint density at radius 2 is 1.40 bits per heavy atom. The van der Waals surface area contributed by atoms with Crippen LogP contribution in [0.4, 0.5) is 0 Å². The molecule has 0 radical (unpaired) electrons. The van der Waals surface area contributed by atoms with Crippen LogP contribution in [-0.2, 0) is 0 Å². The lowest BCUT2D eigenvalue weighted by atomic mass is 11.6. The number of hydrogen-bond acceptors (Lipinski definition) is 2. The van der Waals surface area contributed by atoms with Gasteiger partial charge in [0.05, 0.1) is 0 Å². The van der Waals surface area contributed by atoms with Crippen LogP contribution < -0.4 is 9.96 Å². The van der Waals surface area contributed by atoms with Crippen LogP contribution in [0.15, 0.2) is 0 Å². The summed E-state index contributed by atoms with van der Waals surface area (Å²) >= 11 is 0. The van der Waals surface area contributed by atoms with E-state index in [1.54, 1.807) is 0 Å². The summed E-state index contributed by atoms with van der Waals surface area (Å²) < 4.78 is 0. The van der Waals surface area contributed by atoms with Crippen molar-refractivity contribution >= 4 is 16.5 Å². The van der Waals surface area contributed by atoms with Gasteiger partial charge in [-0.1, -0.05) is 13.1 Å². The van der Waals surface area contributed by atoms with Crippen molar-refractivity contribution in [1.29, 1.82) is 0 Å². The van der Waals surface area contributed by atoms with Crippen LogP contribution in [0.1, 0.15) is 0 Å². The highest BCUT2D eigenvalue weighted by atomic mass is 28.5. The molecule has 1 heterocycles. The summed E-state index contributed by atoms with van der Waals surface area (Å²) in [5, 5.41) is 0. The zero-order valence-corrected chi connectivity index (χ0v) is 9.41. The smallest absolute Gasteiger partial charge is 0.195 e. The molecule has 10 heavy (non-hydrogen) atoms. The molecule has 4 heteroatoms. The maximum atomic E-state index is 3.48. The van der Waals surface area contributed by atoms with Gasteiger partial charge in [-0.15, -0.1) is 0 Å². The van der Waals surface area contributed by atoms with E-state index in [1.807, 2.05) is 0 Å². The molecule has 1 saturated heterocycles. The molecule has 0 aromatic rings. The van der Waals surface area contributed by atoms with E-state index in [1.165, 1.54) is 11.3 Å². The Hall–Kier alpha value is 0.354. The third-order valence-electron chi connectivity index (χ3n) is 2.52. The largest absolute Gasteiger partial charge is 0.328 e. The van der Waals surface area contributed by atoms with Crippen LogP contribution in [0.3, 0.4) is 0 Å². The van der Waals surface area contributed by atoms with Gasteiger partial charge in [0.25, 0.3) is 0 Å². The van der Waals surface area contributed by atoms with Crippen LogP contribution in [0, 0.1) is 0 Å². The first-order valence-electron chi connectivity index (χ1n) is 3.91. The molecule has 0 atom stereocenters. The van der Waals surface area contributed by atoms with Gasteiger partial charge in [-0.2, -0.15) is 0 Å². The molecular weight excluding hydrogens is 156 g/mol. The second-order valence-corrected chi connectivity index (χ2v) is 14.4. The van der Waals surface area contributed by atoms with E-state index in [-0.39, 0.29) is 0 Å². The van der Waals surface area contributed by atoms with Gasteiger partial charge in [0.1, 0.15) is 0 Å². The minimum Gasteiger partial charge on any atom is -0.328 e. The molecule has 0 unspecified atom stereocenters. The van der Waals surface area contributed by atoms with Crippen molar-refractivity contribution in [1.82, 2.24) is 9.96 Å². The molecular formula is C6H18N2Si2. The van der Waals surface area contributed by atoms with Crippen LogP contribution in [-0.4, -0.2) is 30.6 Å². The summed E-state index contributed by atoms with van der Waals surface area (Å²) in [5.41, 5.74) is 3.01. The number of nitrogens with one attached hydrogen (secondary N) is 2. The lowest BCUT2D eigenvalue weighted by Crippen LogP contribution is -2.74. The first-order chi connectivity index (χ1) is 4.54. The van der Waals surface area contributed by atoms with Gasteiger partial charge in [0, 0.05) is 8.07 Å². The molecule has 0 aromatic heterocycles. The van der Waals surface area contributed by atoms with E-state index < -0.39 is 16.5 Å². The zero-order valence-electron chi connectivity index (χ0n) is 7.41. The van der Waals surface area contributed by atoms with Crippen molar-refractivity contribution in [3.05, 3.63) is 0 Å². The molecule has 1 aliphatic heterocycles.